The van der Waals surface area contributed by atoms with Crippen molar-refractivity contribution in [3.05, 3.63) is 0 Å². The smallest absolute Gasteiger partial charge is 0.410 e. The predicted molar refractivity (Wildman–Crippen MR) is 57.7 cm³/mol. The molecule has 4 heteroatoms. The highest BCUT2D eigenvalue weighted by Crippen LogP contribution is 2.19. The lowest BCUT2D eigenvalue weighted by atomic mass is 10.0. The van der Waals surface area contributed by atoms with Gasteiger partial charge < -0.3 is 14.7 Å². The van der Waals surface area contributed by atoms with Gasteiger partial charge in [-0.1, -0.05) is 0 Å². The van der Waals surface area contributed by atoms with Gasteiger partial charge in [-0.3, -0.25) is 0 Å². The molecule has 0 aliphatic carbocycles. The number of nitrogens with zero attached hydrogens (tertiary/aromatic N) is 1. The molecule has 1 aliphatic rings. The molecule has 1 aliphatic heterocycles. The fourth-order valence-corrected chi connectivity index (χ4v) is 1.75. The van der Waals surface area contributed by atoms with E-state index in [1.165, 1.54) is 0 Å². The minimum atomic E-state index is -0.464. The topological polar surface area (TPSA) is 49.8 Å². The van der Waals surface area contributed by atoms with E-state index < -0.39 is 5.60 Å². The molecule has 1 heterocycles. The first-order valence-electron chi connectivity index (χ1n) is 5.54. The number of aliphatic hydroxyl groups is 1. The van der Waals surface area contributed by atoms with Crippen LogP contribution in [0, 0.1) is 0 Å². The molecule has 0 aromatic carbocycles. The summed E-state index contributed by atoms with van der Waals surface area (Å²) in [6.45, 7) is 6.27. The summed E-state index contributed by atoms with van der Waals surface area (Å²) in [5, 5.41) is 9.16. The number of rotatable bonds is 1. The van der Waals surface area contributed by atoms with Gasteiger partial charge in [0.25, 0.3) is 0 Å². The molecule has 0 aromatic heterocycles. The summed E-state index contributed by atoms with van der Waals surface area (Å²) in [6.07, 6.45) is 2.64. The van der Waals surface area contributed by atoms with Crippen LogP contribution >= 0.6 is 0 Å². The molecule has 1 saturated heterocycles. The molecule has 88 valence electrons. The highest BCUT2D eigenvalue weighted by Gasteiger charge is 2.29. The number of carbonyl (C=O) groups is 1. The number of hydrogen-bond acceptors (Lipinski definition) is 3. The Balaban J connectivity index is 2.56. The lowest BCUT2D eigenvalue weighted by Crippen LogP contribution is -2.47. The number of aliphatic hydroxyl groups excluding tert-OH is 1. The van der Waals surface area contributed by atoms with Crippen LogP contribution in [0.25, 0.3) is 0 Å². The van der Waals surface area contributed by atoms with Crippen molar-refractivity contribution in [1.29, 1.82) is 0 Å². The predicted octanol–water partition coefficient (Wildman–Crippen LogP) is 1.77. The summed E-state index contributed by atoms with van der Waals surface area (Å²) in [7, 11) is 0. The van der Waals surface area contributed by atoms with Crippen LogP contribution in [0.15, 0.2) is 0 Å². The molecule has 1 atom stereocenters. The van der Waals surface area contributed by atoms with Gasteiger partial charge >= 0.3 is 6.09 Å². The summed E-state index contributed by atoms with van der Waals surface area (Å²) >= 11 is 0. The second-order valence-corrected chi connectivity index (χ2v) is 5.01. The Morgan fingerprint density at radius 2 is 2.13 bits per heavy atom. The van der Waals surface area contributed by atoms with Crippen molar-refractivity contribution in [3.8, 4) is 0 Å². The van der Waals surface area contributed by atoms with E-state index in [1.54, 1.807) is 4.90 Å². The van der Waals surface area contributed by atoms with Gasteiger partial charge in [0, 0.05) is 6.54 Å². The van der Waals surface area contributed by atoms with E-state index in [1.807, 2.05) is 20.8 Å². The third-order valence-electron chi connectivity index (χ3n) is 2.47. The molecular formula is C11H21NO3. The lowest BCUT2D eigenvalue weighted by molar-refractivity contribution is 0.00182. The molecule has 0 saturated carbocycles. The molecule has 0 unspecified atom stereocenters. The number of likely N-dealkylation sites (tertiary alicyclic amines) is 1. The second kappa shape index (κ2) is 4.84. The van der Waals surface area contributed by atoms with E-state index in [4.69, 9.17) is 9.84 Å². The third kappa shape index (κ3) is 3.70. The summed E-state index contributed by atoms with van der Waals surface area (Å²) in [5.74, 6) is 0. The number of piperidine rings is 1. The Morgan fingerprint density at radius 1 is 1.47 bits per heavy atom. The largest absolute Gasteiger partial charge is 0.444 e. The van der Waals surface area contributed by atoms with Crippen LogP contribution < -0.4 is 0 Å². The molecular weight excluding hydrogens is 194 g/mol. The zero-order chi connectivity index (χ0) is 11.5. The standard InChI is InChI=1S/C11H21NO3/c1-11(2,3)15-10(14)12-7-5-4-6-9(12)8-13/h9,13H,4-8H2,1-3H3/t9-/m0/s1. The SMILES string of the molecule is CC(C)(C)OC(=O)N1CCCC[C@H]1CO. The van der Waals surface area contributed by atoms with Crippen molar-refractivity contribution in [1.82, 2.24) is 4.90 Å². The van der Waals surface area contributed by atoms with Gasteiger partial charge in [-0.05, 0) is 40.0 Å². The maximum Gasteiger partial charge on any atom is 0.410 e. The minimum Gasteiger partial charge on any atom is -0.444 e. The van der Waals surface area contributed by atoms with E-state index in [9.17, 15) is 4.79 Å². The second-order valence-electron chi connectivity index (χ2n) is 5.01. The normalized spacial score (nSPS) is 22.7. The molecule has 1 amide bonds. The number of ether oxygens (including phenoxy) is 1. The van der Waals surface area contributed by atoms with Crippen molar-refractivity contribution in [3.63, 3.8) is 0 Å². The highest BCUT2D eigenvalue weighted by molar-refractivity contribution is 5.68. The van der Waals surface area contributed by atoms with E-state index >= 15 is 0 Å². The van der Waals surface area contributed by atoms with Crippen LogP contribution in [-0.4, -0.2) is 40.9 Å². The van der Waals surface area contributed by atoms with Gasteiger partial charge in [-0.15, -0.1) is 0 Å². The zero-order valence-electron chi connectivity index (χ0n) is 9.82. The average Bonchev–Trinajstić information content (AvgIpc) is 2.15. The van der Waals surface area contributed by atoms with Crippen molar-refractivity contribution < 1.29 is 14.6 Å². The maximum absolute atomic E-state index is 11.8. The first kappa shape index (κ1) is 12.3. The Hall–Kier alpha value is -0.770. The van der Waals surface area contributed by atoms with Crippen LogP contribution in [-0.2, 0) is 4.74 Å². The number of hydrogen-bond donors (Lipinski definition) is 1. The van der Waals surface area contributed by atoms with Crippen molar-refractivity contribution in [2.24, 2.45) is 0 Å². The Kier molecular flexibility index (Phi) is 3.97. The van der Waals surface area contributed by atoms with Crippen LogP contribution in [0.4, 0.5) is 4.79 Å². The summed E-state index contributed by atoms with van der Waals surface area (Å²) in [6, 6.07) is -0.0615. The monoisotopic (exact) mass is 215 g/mol. The molecule has 15 heavy (non-hydrogen) atoms. The number of carbonyl (C=O) groups excluding carboxylic acids is 1. The summed E-state index contributed by atoms with van der Waals surface area (Å²) in [5.41, 5.74) is -0.464. The van der Waals surface area contributed by atoms with Crippen molar-refractivity contribution >= 4 is 6.09 Å². The van der Waals surface area contributed by atoms with Crippen LogP contribution in [0.1, 0.15) is 40.0 Å². The molecule has 1 N–H and O–H groups in total. The molecule has 1 fully saturated rings. The van der Waals surface area contributed by atoms with Crippen LogP contribution in [0.2, 0.25) is 0 Å². The van der Waals surface area contributed by atoms with Gasteiger partial charge in [-0.2, -0.15) is 0 Å². The van der Waals surface area contributed by atoms with Crippen LogP contribution in [0.3, 0.4) is 0 Å². The minimum absolute atomic E-state index is 0.0270. The Morgan fingerprint density at radius 3 is 2.67 bits per heavy atom. The molecule has 0 aromatic rings. The zero-order valence-corrected chi connectivity index (χ0v) is 9.82. The van der Waals surface area contributed by atoms with E-state index in [-0.39, 0.29) is 18.7 Å². The van der Waals surface area contributed by atoms with Gasteiger partial charge in [0.15, 0.2) is 0 Å². The third-order valence-corrected chi connectivity index (χ3v) is 2.47. The van der Waals surface area contributed by atoms with E-state index in [0.717, 1.165) is 19.3 Å². The summed E-state index contributed by atoms with van der Waals surface area (Å²) < 4.78 is 5.29. The lowest BCUT2D eigenvalue weighted by Gasteiger charge is -2.35. The Bertz CT molecular complexity index is 222. The maximum atomic E-state index is 11.8. The fourth-order valence-electron chi connectivity index (χ4n) is 1.75. The van der Waals surface area contributed by atoms with Gasteiger partial charge in [-0.25, -0.2) is 4.79 Å². The fraction of sp³-hybridized carbons (Fsp3) is 0.909. The molecule has 1 rings (SSSR count). The first-order valence-corrected chi connectivity index (χ1v) is 5.54. The van der Waals surface area contributed by atoms with Gasteiger partial charge in [0.2, 0.25) is 0 Å². The van der Waals surface area contributed by atoms with E-state index in [0.29, 0.717) is 6.54 Å². The average molecular weight is 215 g/mol. The molecule has 0 bridgehead atoms. The highest BCUT2D eigenvalue weighted by atomic mass is 16.6. The van der Waals surface area contributed by atoms with Gasteiger partial charge in [0.05, 0.1) is 12.6 Å². The Labute approximate surface area is 91.2 Å². The van der Waals surface area contributed by atoms with Crippen LogP contribution in [0.5, 0.6) is 0 Å². The molecule has 4 nitrogen and oxygen atoms in total. The quantitative estimate of drug-likeness (QED) is 0.725. The van der Waals surface area contributed by atoms with Gasteiger partial charge in [0.1, 0.15) is 5.60 Å². The molecule has 0 radical (unpaired) electrons. The van der Waals surface area contributed by atoms with E-state index in [2.05, 4.69) is 0 Å². The number of amides is 1. The first-order chi connectivity index (χ1) is 6.94. The molecule has 0 spiro atoms. The summed E-state index contributed by atoms with van der Waals surface area (Å²) in [4.78, 5) is 13.4. The van der Waals surface area contributed by atoms with Crippen molar-refractivity contribution in [2.75, 3.05) is 13.2 Å². The van der Waals surface area contributed by atoms with Crippen molar-refractivity contribution in [2.45, 2.75) is 51.7 Å².